The molecule has 0 aliphatic carbocycles. The van der Waals surface area contributed by atoms with Gasteiger partial charge in [0.15, 0.2) is 0 Å². The van der Waals surface area contributed by atoms with Crippen LogP contribution in [-0.2, 0) is 19.1 Å². The number of fused-ring (bicyclic) bond motifs is 2. The van der Waals surface area contributed by atoms with Crippen LogP contribution in [0, 0.1) is 5.82 Å². The highest BCUT2D eigenvalue weighted by atomic mass is 35.5. The van der Waals surface area contributed by atoms with Crippen LogP contribution in [0.25, 0.3) is 0 Å². The standard InChI is InChI=1S/C27H17ClF4N2O2S/c28-22-13-18(33-25(35)19-7-5-17(29)12-21(19)27(30,31)32)6-8-20(22)26(36)34-14-24-16(9-10-37-24)11-15-3-1-2-4-23(15)34/h1-10,12-13H,11,14H2,(H,33,35). The molecule has 37 heavy (non-hydrogen) atoms. The monoisotopic (exact) mass is 544 g/mol. The highest BCUT2D eigenvalue weighted by Crippen LogP contribution is 2.36. The summed E-state index contributed by atoms with van der Waals surface area (Å²) in [5.74, 6) is -2.55. The topological polar surface area (TPSA) is 49.4 Å². The third-order valence-corrected chi connectivity index (χ3v) is 7.30. The number of halogens is 5. The summed E-state index contributed by atoms with van der Waals surface area (Å²) in [6.07, 6.45) is -4.23. The van der Waals surface area contributed by atoms with Gasteiger partial charge in [0.2, 0.25) is 0 Å². The van der Waals surface area contributed by atoms with E-state index >= 15 is 0 Å². The maximum absolute atomic E-state index is 13.6. The molecule has 0 saturated carbocycles. The molecule has 2 amide bonds. The molecule has 0 unspecified atom stereocenters. The van der Waals surface area contributed by atoms with E-state index in [9.17, 15) is 27.2 Å². The zero-order chi connectivity index (χ0) is 26.3. The number of anilines is 2. The fraction of sp³-hybridized carbons (Fsp3) is 0.111. The van der Waals surface area contributed by atoms with Crippen LogP contribution in [0.2, 0.25) is 5.02 Å². The number of hydrogen-bond donors (Lipinski definition) is 1. The molecular weight excluding hydrogens is 528 g/mol. The molecule has 0 radical (unpaired) electrons. The van der Waals surface area contributed by atoms with Crippen LogP contribution in [0.15, 0.2) is 72.1 Å². The van der Waals surface area contributed by atoms with Crippen LogP contribution in [0.1, 0.15) is 42.3 Å². The lowest BCUT2D eigenvalue weighted by Crippen LogP contribution is -2.30. The molecular formula is C27H17ClF4N2O2S. The Morgan fingerprint density at radius 2 is 1.70 bits per heavy atom. The van der Waals surface area contributed by atoms with Crippen LogP contribution < -0.4 is 10.2 Å². The number of carbonyl (C=O) groups excluding carboxylic acids is 2. The number of alkyl halides is 3. The summed E-state index contributed by atoms with van der Waals surface area (Å²) in [4.78, 5) is 28.9. The second-order valence-electron chi connectivity index (χ2n) is 8.40. The highest BCUT2D eigenvalue weighted by molar-refractivity contribution is 7.10. The summed E-state index contributed by atoms with van der Waals surface area (Å²) in [5, 5.41) is 4.35. The van der Waals surface area contributed by atoms with E-state index in [1.165, 1.54) is 18.2 Å². The fourth-order valence-electron chi connectivity index (χ4n) is 4.26. The van der Waals surface area contributed by atoms with Crippen LogP contribution in [0.4, 0.5) is 28.9 Å². The van der Waals surface area contributed by atoms with Gasteiger partial charge in [0, 0.05) is 22.7 Å². The van der Waals surface area contributed by atoms with Crippen LogP contribution >= 0.6 is 22.9 Å². The van der Waals surface area contributed by atoms with Gasteiger partial charge < -0.3 is 10.2 Å². The SMILES string of the molecule is O=C(Nc1ccc(C(=O)N2Cc3sccc3Cc3ccccc32)c(Cl)c1)c1ccc(F)cc1C(F)(F)F. The van der Waals surface area contributed by atoms with Gasteiger partial charge in [-0.25, -0.2) is 4.39 Å². The molecule has 5 rings (SSSR count). The number of rotatable bonds is 3. The summed E-state index contributed by atoms with van der Waals surface area (Å²) in [6, 6.07) is 15.5. The average molecular weight is 545 g/mol. The summed E-state index contributed by atoms with van der Waals surface area (Å²) in [7, 11) is 0. The number of nitrogens with zero attached hydrogens (tertiary/aromatic N) is 1. The van der Waals surface area contributed by atoms with E-state index in [1.807, 2.05) is 35.7 Å². The molecule has 2 heterocycles. The van der Waals surface area contributed by atoms with Gasteiger partial charge in [0.05, 0.1) is 28.3 Å². The lowest BCUT2D eigenvalue weighted by molar-refractivity contribution is -0.138. The number of nitrogens with one attached hydrogen (secondary N) is 1. The first-order valence-corrected chi connectivity index (χ1v) is 12.3. The van der Waals surface area contributed by atoms with Gasteiger partial charge in [0.1, 0.15) is 5.82 Å². The van der Waals surface area contributed by atoms with Crippen LogP contribution in [-0.4, -0.2) is 11.8 Å². The molecule has 4 nitrogen and oxygen atoms in total. The number of benzene rings is 3. The summed E-state index contributed by atoms with van der Waals surface area (Å²) >= 11 is 7.98. The highest BCUT2D eigenvalue weighted by Gasteiger charge is 2.36. The molecule has 1 aliphatic rings. The van der Waals surface area contributed by atoms with Gasteiger partial charge in [-0.2, -0.15) is 13.2 Å². The molecule has 1 aromatic heterocycles. The maximum Gasteiger partial charge on any atom is 0.417 e. The van der Waals surface area contributed by atoms with Gasteiger partial charge >= 0.3 is 6.18 Å². The van der Waals surface area contributed by atoms with E-state index in [0.717, 1.165) is 33.8 Å². The van der Waals surface area contributed by atoms with Crippen LogP contribution in [0.5, 0.6) is 0 Å². The van der Waals surface area contributed by atoms with Crippen molar-refractivity contribution in [2.75, 3.05) is 10.2 Å². The van der Waals surface area contributed by atoms with Crippen molar-refractivity contribution in [2.24, 2.45) is 0 Å². The Morgan fingerprint density at radius 3 is 2.46 bits per heavy atom. The molecule has 1 aliphatic heterocycles. The third-order valence-electron chi connectivity index (χ3n) is 6.04. The molecule has 0 saturated heterocycles. The second kappa shape index (κ2) is 9.64. The van der Waals surface area contributed by atoms with E-state index in [0.29, 0.717) is 13.0 Å². The molecule has 188 valence electrons. The van der Waals surface area contributed by atoms with E-state index in [2.05, 4.69) is 5.32 Å². The molecule has 0 atom stereocenters. The number of amides is 2. The molecule has 0 fully saturated rings. The molecule has 4 aromatic rings. The smallest absolute Gasteiger partial charge is 0.322 e. The third kappa shape index (κ3) is 4.97. The van der Waals surface area contributed by atoms with Crippen molar-refractivity contribution in [3.8, 4) is 0 Å². The minimum absolute atomic E-state index is 0.0195. The zero-order valence-electron chi connectivity index (χ0n) is 18.9. The number of carbonyl (C=O) groups is 2. The van der Waals surface area contributed by atoms with Gasteiger partial charge in [-0.3, -0.25) is 9.59 Å². The summed E-state index contributed by atoms with van der Waals surface area (Å²) in [5.41, 5.74) is 1.03. The van der Waals surface area contributed by atoms with Crippen molar-refractivity contribution in [3.05, 3.63) is 116 Å². The predicted molar refractivity (Wildman–Crippen MR) is 135 cm³/mol. The average Bonchev–Trinajstić information content (AvgIpc) is 3.22. The minimum atomic E-state index is -4.92. The number of thiophene rings is 1. The van der Waals surface area contributed by atoms with E-state index in [-0.39, 0.29) is 28.2 Å². The Hall–Kier alpha value is -3.69. The predicted octanol–water partition coefficient (Wildman–Crippen LogP) is 7.56. The largest absolute Gasteiger partial charge is 0.417 e. The van der Waals surface area contributed by atoms with Gasteiger partial charge in [-0.05, 0) is 65.0 Å². The van der Waals surface area contributed by atoms with Gasteiger partial charge in [0.25, 0.3) is 11.8 Å². The summed E-state index contributed by atoms with van der Waals surface area (Å²) < 4.78 is 53.3. The van der Waals surface area contributed by atoms with E-state index in [1.54, 1.807) is 16.2 Å². The van der Waals surface area contributed by atoms with Crippen molar-refractivity contribution in [3.63, 3.8) is 0 Å². The Labute approximate surface area is 218 Å². The van der Waals surface area contributed by atoms with Crippen molar-refractivity contribution < 1.29 is 27.2 Å². The summed E-state index contributed by atoms with van der Waals surface area (Å²) in [6.45, 7) is 0.364. The van der Waals surface area contributed by atoms with Crippen molar-refractivity contribution in [1.82, 2.24) is 0 Å². The zero-order valence-corrected chi connectivity index (χ0v) is 20.5. The van der Waals surface area contributed by atoms with Crippen LogP contribution in [0.3, 0.4) is 0 Å². The lowest BCUT2D eigenvalue weighted by atomic mass is 10.0. The molecule has 10 heteroatoms. The molecule has 3 aromatic carbocycles. The second-order valence-corrected chi connectivity index (χ2v) is 9.81. The van der Waals surface area contributed by atoms with E-state index < -0.39 is 29.0 Å². The van der Waals surface area contributed by atoms with Gasteiger partial charge in [-0.15, -0.1) is 11.3 Å². The maximum atomic E-state index is 13.6. The first-order chi connectivity index (χ1) is 17.6. The Balaban J connectivity index is 1.42. The number of para-hydroxylation sites is 1. The Morgan fingerprint density at radius 1 is 0.946 bits per heavy atom. The molecule has 0 bridgehead atoms. The molecule has 1 N–H and O–H groups in total. The Kier molecular flexibility index (Phi) is 6.51. The van der Waals surface area contributed by atoms with E-state index in [4.69, 9.17) is 11.6 Å². The van der Waals surface area contributed by atoms with Crippen molar-refractivity contribution in [2.45, 2.75) is 19.1 Å². The van der Waals surface area contributed by atoms with Crippen molar-refractivity contribution >= 4 is 46.1 Å². The quantitative estimate of drug-likeness (QED) is 0.271. The lowest BCUT2D eigenvalue weighted by Gasteiger charge is -2.23. The number of hydrogen-bond acceptors (Lipinski definition) is 3. The Bertz CT molecular complexity index is 1530. The van der Waals surface area contributed by atoms with Gasteiger partial charge in [-0.1, -0.05) is 29.8 Å². The first-order valence-electron chi connectivity index (χ1n) is 11.0. The first kappa shape index (κ1) is 25.0. The van der Waals surface area contributed by atoms with Crippen molar-refractivity contribution in [1.29, 1.82) is 0 Å². The minimum Gasteiger partial charge on any atom is -0.322 e. The fourth-order valence-corrected chi connectivity index (χ4v) is 5.41. The normalized spacial score (nSPS) is 12.9. The molecule has 0 spiro atoms.